The third-order valence-corrected chi connectivity index (χ3v) is 8.05. The Hall–Kier alpha value is -3.76. The number of hydrogen-bond donors (Lipinski definition) is 2. The van der Waals surface area contributed by atoms with Gasteiger partial charge in [-0.05, 0) is 49.8 Å². The summed E-state index contributed by atoms with van der Waals surface area (Å²) in [5.41, 5.74) is 8.02. The van der Waals surface area contributed by atoms with Crippen LogP contribution in [0.25, 0.3) is 11.3 Å². The summed E-state index contributed by atoms with van der Waals surface area (Å²) >= 11 is 0. The zero-order chi connectivity index (χ0) is 25.8. The number of halogens is 3. The summed E-state index contributed by atoms with van der Waals surface area (Å²) in [6, 6.07) is 13.1. The Balaban J connectivity index is 1.20. The number of fused-ring (bicyclic) bond motifs is 2. The van der Waals surface area contributed by atoms with Crippen LogP contribution in [0, 0.1) is 0 Å². The van der Waals surface area contributed by atoms with Crippen molar-refractivity contribution in [3.63, 3.8) is 0 Å². The maximum Gasteiger partial charge on any atom is 0.573 e. The Labute approximate surface area is 211 Å². The topological polar surface area (TPSA) is 98.3 Å². The highest BCUT2D eigenvalue weighted by Gasteiger charge is 2.48. The fraction of sp³-hybridized carbons (Fsp3) is 0.423. The summed E-state index contributed by atoms with van der Waals surface area (Å²) in [5, 5.41) is 7.94. The molecule has 2 fully saturated rings. The van der Waals surface area contributed by atoms with Gasteiger partial charge in [-0.1, -0.05) is 30.3 Å². The molecular formula is C26H27F3N6O2. The number of anilines is 1. The minimum Gasteiger partial charge on any atom is -0.402 e. The number of rotatable bonds is 4. The fourth-order valence-electron chi connectivity index (χ4n) is 5.92. The van der Waals surface area contributed by atoms with E-state index in [-0.39, 0.29) is 22.8 Å². The number of hydrogen-bond acceptors (Lipinski definition) is 5. The number of carbonyl (C=O) groups is 1. The molecule has 2 aromatic heterocycles. The van der Waals surface area contributed by atoms with E-state index in [0.29, 0.717) is 30.9 Å². The molecule has 2 aliphatic heterocycles. The summed E-state index contributed by atoms with van der Waals surface area (Å²) in [7, 11) is 0. The number of pyridine rings is 1. The van der Waals surface area contributed by atoms with Gasteiger partial charge in [-0.25, -0.2) is 9.78 Å². The molecule has 3 aromatic rings. The molecule has 1 spiro atoms. The van der Waals surface area contributed by atoms with Gasteiger partial charge < -0.3 is 20.7 Å². The minimum atomic E-state index is -4.87. The lowest BCUT2D eigenvalue weighted by molar-refractivity contribution is -0.274. The van der Waals surface area contributed by atoms with Crippen LogP contribution >= 0.6 is 0 Å². The first-order valence-electron chi connectivity index (χ1n) is 12.4. The molecule has 6 rings (SSSR count). The predicted octanol–water partition coefficient (Wildman–Crippen LogP) is 4.56. The number of nitrogen functional groups attached to an aromatic ring is 1. The van der Waals surface area contributed by atoms with Gasteiger partial charge in [0, 0.05) is 42.5 Å². The van der Waals surface area contributed by atoms with Crippen LogP contribution in [0.5, 0.6) is 5.75 Å². The van der Waals surface area contributed by atoms with E-state index in [1.165, 1.54) is 12.3 Å². The van der Waals surface area contributed by atoms with Crippen LogP contribution in [0.2, 0.25) is 0 Å². The lowest BCUT2D eigenvalue weighted by Gasteiger charge is -2.44. The van der Waals surface area contributed by atoms with Crippen molar-refractivity contribution in [3.8, 4) is 17.0 Å². The van der Waals surface area contributed by atoms with Gasteiger partial charge in [0.15, 0.2) is 11.6 Å². The molecule has 4 heterocycles. The van der Waals surface area contributed by atoms with Gasteiger partial charge in [-0.2, -0.15) is 5.10 Å². The normalized spacial score (nSPS) is 22.1. The van der Waals surface area contributed by atoms with Crippen LogP contribution in [0.15, 0.2) is 48.7 Å². The summed E-state index contributed by atoms with van der Waals surface area (Å²) in [6.45, 7) is 1.87. The molecule has 0 bridgehead atoms. The van der Waals surface area contributed by atoms with Crippen molar-refractivity contribution in [2.45, 2.75) is 56.0 Å². The van der Waals surface area contributed by atoms with E-state index in [9.17, 15) is 18.0 Å². The number of likely N-dealkylation sites (tertiary alicyclic amines) is 1. The number of amides is 2. The molecule has 1 atom stereocenters. The zero-order valence-electron chi connectivity index (χ0n) is 20.1. The standard InChI is InChI=1S/C26H27F3N6O2/c27-26(28,29)37-20-13-17(15-31-22(20)30)19-14-21-24(10-12-35(21)33-19)9-11-34(16-24)23(36)32-25(7-4-8-25)18-5-2-1-3-6-18/h1-3,5-6,13-15H,4,7-12,16H2,(H2,30,31)(H,32,36). The number of carbonyl (C=O) groups excluding carboxylic acids is 1. The molecule has 1 unspecified atom stereocenters. The van der Waals surface area contributed by atoms with Crippen LogP contribution in [0.3, 0.4) is 0 Å². The number of aryl methyl sites for hydroxylation is 1. The highest BCUT2D eigenvalue weighted by atomic mass is 19.4. The predicted molar refractivity (Wildman–Crippen MR) is 130 cm³/mol. The monoisotopic (exact) mass is 512 g/mol. The van der Waals surface area contributed by atoms with E-state index in [1.807, 2.05) is 33.8 Å². The number of benzene rings is 1. The molecule has 0 radical (unpaired) electrons. The molecule has 1 aliphatic carbocycles. The second-order valence-electron chi connectivity index (χ2n) is 10.2. The van der Waals surface area contributed by atoms with Crippen molar-refractivity contribution in [1.29, 1.82) is 0 Å². The average Bonchev–Trinajstić information content (AvgIpc) is 3.54. The zero-order valence-corrected chi connectivity index (χ0v) is 20.1. The highest BCUT2D eigenvalue weighted by Crippen LogP contribution is 2.45. The van der Waals surface area contributed by atoms with Gasteiger partial charge >= 0.3 is 12.4 Å². The van der Waals surface area contributed by atoms with Gasteiger partial charge in [0.2, 0.25) is 0 Å². The number of ether oxygens (including phenoxy) is 1. The molecule has 194 valence electrons. The SMILES string of the molecule is Nc1ncc(-c2cc3n(n2)CCC32CCN(C(=O)NC3(c4ccccc4)CCC3)C2)cc1OC(F)(F)F. The number of alkyl halides is 3. The quantitative estimate of drug-likeness (QED) is 0.534. The van der Waals surface area contributed by atoms with E-state index in [2.05, 4.69) is 32.3 Å². The van der Waals surface area contributed by atoms with Crippen molar-refractivity contribution < 1.29 is 22.7 Å². The molecule has 1 saturated carbocycles. The molecule has 2 amide bonds. The van der Waals surface area contributed by atoms with E-state index in [1.54, 1.807) is 0 Å². The highest BCUT2D eigenvalue weighted by molar-refractivity contribution is 5.76. The van der Waals surface area contributed by atoms with Crippen LogP contribution in [-0.2, 0) is 17.5 Å². The minimum absolute atomic E-state index is 0.0599. The largest absolute Gasteiger partial charge is 0.573 e. The van der Waals surface area contributed by atoms with E-state index in [0.717, 1.165) is 43.4 Å². The Bertz CT molecular complexity index is 1340. The summed E-state index contributed by atoms with van der Waals surface area (Å²) in [6.07, 6.45) is 1.09. The maximum atomic E-state index is 13.4. The van der Waals surface area contributed by atoms with Crippen LogP contribution in [-0.4, -0.2) is 45.1 Å². The number of nitrogens with zero attached hydrogens (tertiary/aromatic N) is 4. The smallest absolute Gasteiger partial charge is 0.402 e. The molecule has 1 aromatic carbocycles. The Morgan fingerprint density at radius 2 is 1.84 bits per heavy atom. The number of aromatic nitrogens is 3. The van der Waals surface area contributed by atoms with Gasteiger partial charge in [0.1, 0.15) is 0 Å². The molecule has 8 nitrogen and oxygen atoms in total. The molecule has 3 N–H and O–H groups in total. The Kier molecular flexibility index (Phi) is 5.36. The third kappa shape index (κ3) is 4.15. The van der Waals surface area contributed by atoms with Crippen molar-refractivity contribution >= 4 is 11.8 Å². The second kappa shape index (κ2) is 8.39. The van der Waals surface area contributed by atoms with Crippen molar-refractivity contribution in [1.82, 2.24) is 25.0 Å². The number of nitrogens with two attached hydrogens (primary N) is 1. The second-order valence-corrected chi connectivity index (χ2v) is 10.2. The Morgan fingerprint density at radius 1 is 1.08 bits per heavy atom. The maximum absolute atomic E-state index is 13.4. The van der Waals surface area contributed by atoms with E-state index in [4.69, 9.17) is 5.73 Å². The van der Waals surface area contributed by atoms with Crippen LogP contribution < -0.4 is 15.8 Å². The summed E-state index contributed by atoms with van der Waals surface area (Å²) in [5.74, 6) is -0.901. The molecule has 11 heteroatoms. The van der Waals surface area contributed by atoms with E-state index >= 15 is 0 Å². The molecule has 37 heavy (non-hydrogen) atoms. The lowest BCUT2D eigenvalue weighted by atomic mass is 9.72. The molecule has 3 aliphatic rings. The molecule has 1 saturated heterocycles. The summed E-state index contributed by atoms with van der Waals surface area (Å²) in [4.78, 5) is 19.1. The van der Waals surface area contributed by atoms with Gasteiger partial charge in [-0.3, -0.25) is 4.68 Å². The van der Waals surface area contributed by atoms with E-state index < -0.39 is 12.1 Å². The first kappa shape index (κ1) is 23.6. The Morgan fingerprint density at radius 3 is 2.54 bits per heavy atom. The van der Waals surface area contributed by atoms with Crippen LogP contribution in [0.4, 0.5) is 23.8 Å². The van der Waals surface area contributed by atoms with Gasteiger partial charge in [0.25, 0.3) is 0 Å². The molecular weight excluding hydrogens is 485 g/mol. The fourth-order valence-corrected chi connectivity index (χ4v) is 5.92. The lowest BCUT2D eigenvalue weighted by Crippen LogP contribution is -2.54. The van der Waals surface area contributed by atoms with Crippen LogP contribution in [0.1, 0.15) is 43.4 Å². The van der Waals surface area contributed by atoms with Gasteiger partial charge in [0.05, 0.1) is 11.2 Å². The van der Waals surface area contributed by atoms with Crippen molar-refractivity contribution in [2.75, 3.05) is 18.8 Å². The van der Waals surface area contributed by atoms with Crippen molar-refractivity contribution in [3.05, 3.63) is 59.9 Å². The van der Waals surface area contributed by atoms with Gasteiger partial charge in [-0.15, -0.1) is 13.2 Å². The first-order valence-corrected chi connectivity index (χ1v) is 12.4. The number of nitrogens with one attached hydrogen (secondary N) is 1. The summed E-state index contributed by atoms with van der Waals surface area (Å²) < 4.78 is 44.2. The average molecular weight is 513 g/mol. The number of urea groups is 1. The first-order chi connectivity index (χ1) is 17.7. The third-order valence-electron chi connectivity index (χ3n) is 8.05. The van der Waals surface area contributed by atoms with Crippen molar-refractivity contribution in [2.24, 2.45) is 0 Å².